The number of nitrogens with one attached hydrogen (secondary N) is 3. The van der Waals surface area contributed by atoms with E-state index in [0.717, 1.165) is 80.8 Å². The number of amides is 3. The molecule has 33 nitrogen and oxygen atoms in total. The van der Waals surface area contributed by atoms with Crippen LogP contribution in [0.15, 0.2) is 97.1 Å². The number of halogens is 4. The van der Waals surface area contributed by atoms with Gasteiger partial charge in [0.2, 0.25) is 5.91 Å². The van der Waals surface area contributed by atoms with Gasteiger partial charge in [-0.2, -0.15) is 0 Å². The number of aliphatic hydroxyl groups excluding tert-OH is 1. The molecule has 37 heteroatoms. The second-order valence-electron chi connectivity index (χ2n) is 35.3. The number of carbonyl (C=O) groups is 11. The number of methoxy groups -OCH3 is 9. The van der Waals surface area contributed by atoms with Gasteiger partial charge in [-0.15, -0.1) is 0 Å². The molecule has 128 heavy (non-hydrogen) atoms. The summed E-state index contributed by atoms with van der Waals surface area (Å²) in [6.07, 6.45) is 8.47. The number of ketones is 1. The summed E-state index contributed by atoms with van der Waals surface area (Å²) in [6, 6.07) is 27.8. The first-order valence-corrected chi connectivity index (χ1v) is 46.6. The Kier molecular flexibility index (Phi) is 43.4. The second kappa shape index (κ2) is 50.5. The van der Waals surface area contributed by atoms with Gasteiger partial charge in [0, 0.05) is 100 Å². The number of benzene rings is 4. The van der Waals surface area contributed by atoms with E-state index in [0.29, 0.717) is 64.8 Å². The molecule has 3 amide bonds. The molecule has 6 aliphatic heterocycles. The third-order valence-electron chi connectivity index (χ3n) is 24.2. The van der Waals surface area contributed by atoms with E-state index in [1.165, 1.54) is 54.7 Å². The fourth-order valence-corrected chi connectivity index (χ4v) is 18.2. The van der Waals surface area contributed by atoms with Crippen LogP contribution in [0.2, 0.25) is 0 Å². The molecule has 6 heterocycles. The van der Waals surface area contributed by atoms with Crippen molar-refractivity contribution in [2.45, 2.75) is 220 Å². The third kappa shape index (κ3) is 30.7. The summed E-state index contributed by atoms with van der Waals surface area (Å²) in [5.74, 6) is -3.13. The number of carbonyl (C=O) groups excluding carboxylic acids is 10. The van der Waals surface area contributed by atoms with Crippen LogP contribution >= 0.6 is 90.4 Å². The Labute approximate surface area is 806 Å². The number of carboxylic acids is 1. The molecule has 8 aliphatic rings. The van der Waals surface area contributed by atoms with E-state index in [-0.39, 0.29) is 103 Å². The van der Waals surface area contributed by atoms with Gasteiger partial charge in [-0.1, -0.05) is 90.1 Å². The van der Waals surface area contributed by atoms with Crippen LogP contribution in [-0.4, -0.2) is 304 Å². The first-order chi connectivity index (χ1) is 60.2. The maximum atomic E-state index is 13.9. The average molecular weight is 2240 g/mol. The van der Waals surface area contributed by atoms with Gasteiger partial charge in [0.05, 0.1) is 61.9 Å². The molecule has 6 N–H and O–H groups in total. The van der Waals surface area contributed by atoms with Crippen molar-refractivity contribution in [3.05, 3.63) is 134 Å². The highest BCUT2D eigenvalue weighted by Gasteiger charge is 2.54. The lowest BCUT2D eigenvalue weighted by molar-refractivity contribution is -0.152. The Hall–Kier alpha value is -6.63. The molecular formula is C91H130I4N8O25. The van der Waals surface area contributed by atoms with Crippen LogP contribution in [0, 0.1) is 25.1 Å². The lowest BCUT2D eigenvalue weighted by atomic mass is 9.85. The van der Waals surface area contributed by atoms with Crippen LogP contribution < -0.4 is 16.0 Å². The van der Waals surface area contributed by atoms with E-state index in [9.17, 15) is 57.8 Å². The minimum Gasteiger partial charge on any atom is -0.480 e. The fraction of sp³-hybridized carbons (Fsp3) is 0.615. The van der Waals surface area contributed by atoms with E-state index in [1.54, 1.807) is 66.0 Å². The first kappa shape index (κ1) is 110. The van der Waals surface area contributed by atoms with Gasteiger partial charge in [-0.3, -0.25) is 53.2 Å². The lowest BCUT2D eigenvalue weighted by Crippen LogP contribution is -2.57. The van der Waals surface area contributed by atoms with Crippen LogP contribution in [0.1, 0.15) is 154 Å². The molecule has 0 spiro atoms. The van der Waals surface area contributed by atoms with E-state index in [2.05, 4.69) is 140 Å². The normalized spacial score (nSPS) is 25.7. The van der Waals surface area contributed by atoms with Gasteiger partial charge in [0.15, 0.2) is 0 Å². The second-order valence-corrected chi connectivity index (χ2v) is 40.2. The quantitative estimate of drug-likeness (QED) is 0.0289. The number of likely N-dealkylation sites (tertiary alicyclic amines) is 5. The number of ether oxygens (including phenoxy) is 11. The van der Waals surface area contributed by atoms with E-state index < -0.39 is 75.5 Å². The van der Waals surface area contributed by atoms with E-state index >= 15 is 0 Å². The summed E-state index contributed by atoms with van der Waals surface area (Å²) in [4.78, 5) is 138. The number of esters is 6. The number of carboxylic acid groups (broad SMARTS) is 1. The predicted octanol–water partition coefficient (Wildman–Crippen LogP) is 9.84. The number of hydrogen-bond donors (Lipinski definition) is 6. The number of β-amino-alcohol motifs (C(OH)–C–C–N with tert-alkyl or cyclic N) is 2. The number of likely N-dealkylation sites (N-methyl/N-ethyl adjacent to an activating group) is 4. The minimum atomic E-state index is -1.04. The van der Waals surface area contributed by atoms with Gasteiger partial charge in [0.1, 0.15) is 88.7 Å². The largest absolute Gasteiger partial charge is 0.480 e. The van der Waals surface area contributed by atoms with Crippen LogP contribution in [0.25, 0.3) is 0 Å². The minimum absolute atomic E-state index is 0.0515. The number of nitrogens with zero attached hydrogens (tertiary/aromatic N) is 5. The topological polar surface area (TPSA) is 402 Å². The Morgan fingerprint density at radius 3 is 1.18 bits per heavy atom. The summed E-state index contributed by atoms with van der Waals surface area (Å²) in [7, 11) is 20.5. The van der Waals surface area contributed by atoms with Crippen molar-refractivity contribution in [2.75, 3.05) is 131 Å². The van der Waals surface area contributed by atoms with Crippen molar-refractivity contribution in [3.63, 3.8) is 0 Å². The van der Waals surface area contributed by atoms with Crippen molar-refractivity contribution < 1.29 is 120 Å². The van der Waals surface area contributed by atoms with Crippen molar-refractivity contribution in [1.82, 2.24) is 40.4 Å². The smallest absolute Gasteiger partial charge is 0.408 e. The van der Waals surface area contributed by atoms with Crippen molar-refractivity contribution in [1.29, 1.82) is 0 Å². The molecule has 12 rings (SSSR count). The maximum absolute atomic E-state index is 13.9. The van der Waals surface area contributed by atoms with Crippen molar-refractivity contribution >= 4 is 156 Å². The number of hydrogen-bond acceptors (Lipinski definition) is 29. The number of rotatable bonds is 19. The molecule has 13 atom stereocenters. The predicted molar refractivity (Wildman–Crippen MR) is 508 cm³/mol. The zero-order valence-electron chi connectivity index (χ0n) is 76.8. The molecule has 4 aromatic rings. The highest BCUT2D eigenvalue weighted by molar-refractivity contribution is 14.1. The first-order valence-electron chi connectivity index (χ1n) is 42.3. The summed E-state index contributed by atoms with van der Waals surface area (Å²) in [6.45, 7) is 13.7. The Balaban J connectivity index is 0.000000238. The van der Waals surface area contributed by atoms with Crippen LogP contribution in [0.5, 0.6) is 0 Å². The molecular weight excluding hydrogens is 2110 g/mol. The van der Waals surface area contributed by atoms with Gasteiger partial charge >= 0.3 is 54.0 Å². The number of aliphatic carboxylic acids is 1. The monoisotopic (exact) mass is 2240 g/mol. The van der Waals surface area contributed by atoms with Crippen LogP contribution in [-0.2, 0) is 118 Å². The third-order valence-corrected chi connectivity index (χ3v) is 27.1. The summed E-state index contributed by atoms with van der Waals surface area (Å²) in [5, 5.41) is 37.3. The SMILES string of the molecule is CC(C)(C)[C@H](NC(=O)OC1CCCC1)C(=O)O.COC(=O)[C@@H]1CC(=O)CN1C.COC(=O)[C@@H]1C[C@@H](O)CN1C.COC(=O)[C@@H]1C[C@@](O)(c2ccc(I)cc2)CN1C.COC(=O)[C@@H]1C[C@@](OC)(c2ccc(I)cc2)CN1.COC(=O)[C@@H]1C[C@@](OC)(c2ccc(I)cc2)CN1C.COC(=O)[C@@H]1C[C@@](OC)(c2ccc(I)cc2)CN1C(=O)[C@@H](NC(=O)OC1CCCC1)C(C)(C)C. The molecule has 0 aromatic heterocycles. The van der Waals surface area contributed by atoms with E-state index in [1.807, 2.05) is 117 Å². The van der Waals surface area contributed by atoms with Crippen molar-refractivity contribution in [3.8, 4) is 0 Å². The molecule has 2 saturated carbocycles. The zero-order valence-corrected chi connectivity index (χ0v) is 85.4. The van der Waals surface area contributed by atoms with Gasteiger partial charge in [-0.25, -0.2) is 19.2 Å². The number of aliphatic hydroxyl groups is 2. The highest BCUT2D eigenvalue weighted by Crippen LogP contribution is 2.43. The summed E-state index contributed by atoms with van der Waals surface area (Å²) in [5.41, 5.74) is 0.0403. The Morgan fingerprint density at radius 1 is 0.445 bits per heavy atom. The summed E-state index contributed by atoms with van der Waals surface area (Å²) < 4.78 is 61.2. The number of Topliss-reactive ketones (excluding diaryl/α,β-unsaturated/α-hetero) is 1. The van der Waals surface area contributed by atoms with Gasteiger partial charge in [0.25, 0.3) is 0 Å². The molecule has 4 aromatic carbocycles. The molecule has 0 unspecified atom stereocenters. The molecule has 8 fully saturated rings. The highest BCUT2D eigenvalue weighted by atomic mass is 127. The van der Waals surface area contributed by atoms with Crippen LogP contribution in [0.3, 0.4) is 0 Å². The fourth-order valence-electron chi connectivity index (χ4n) is 16.8. The molecule has 0 bridgehead atoms. The Morgan fingerprint density at radius 2 is 0.805 bits per heavy atom. The summed E-state index contributed by atoms with van der Waals surface area (Å²) >= 11 is 8.99. The molecule has 2 aliphatic carbocycles. The lowest BCUT2D eigenvalue weighted by Gasteiger charge is -2.35. The van der Waals surface area contributed by atoms with Crippen LogP contribution in [0.4, 0.5) is 9.59 Å². The van der Waals surface area contributed by atoms with Gasteiger partial charge < -0.3 is 88.3 Å². The molecule has 6 saturated heterocycles. The van der Waals surface area contributed by atoms with Crippen molar-refractivity contribution in [2.24, 2.45) is 10.8 Å². The Bertz CT molecular complexity index is 4330. The standard InChI is InChI=1S/C25H35IN2O6.C14H18INO3.2C13H16INO3.C12H21NO4.C7H13NO3.C7H11NO3/c1-24(2,3)20(27-23(31)34-18-8-6-7-9-18)21(29)28-15-25(33-5,14-19(28)22(30)32-4)16-10-12-17(26)13-11-16;1-16-9-14(19-3,8-12(16)13(17)18-2)10-4-6-11(15)7-5-10;1-17-12(16)11-7-13(18-2,8-15-11)9-3-5-10(14)6-4-9;1-15-8-13(17,7-11(15)12(16)18-2)9-3-5-10(14)6-4-9;1-12(2,3)9(10(14)15)13-11(16)17-8-6-4-5-7-8;2*1-8-4-5(9)3-6(8)7(10)11-2/h10-13,18-20H,6-9,14-15H2,1-5H3,(H,27,31);4-7,12H,8-9H2,1-3H3;3-6,11,15H,7-8H2,1-2H3;3-6,11,17H,7-8H2,1-2H3;8-9H,4-7H2,1-3H3,(H,13,16)(H,14,15);5-6,9H,3-4H2,1-2H3;6H,3-4H2,1-2H3/t19-,20+,25-;12-,14-;2*11-,13-;9-;5-,6+;6-/m0000110/s1. The maximum Gasteiger partial charge on any atom is 0.408 e. The molecule has 0 radical (unpaired) electrons. The average Bonchev–Trinajstić information content (AvgIpc) is 1.66. The molecule has 712 valence electrons. The van der Waals surface area contributed by atoms with E-state index in [4.69, 9.17) is 52.8 Å². The van der Waals surface area contributed by atoms with Gasteiger partial charge in [-0.05, 0) is 252 Å². The number of alkyl carbamates (subject to hydrolysis) is 2. The zero-order chi connectivity index (χ0) is 95.6.